The highest BCUT2D eigenvalue weighted by atomic mass is 16.3. The molecule has 1 N–H and O–H groups in total. The third-order valence-corrected chi connectivity index (χ3v) is 6.46. The first kappa shape index (κ1) is 13.6. The van der Waals surface area contributed by atoms with E-state index in [1.165, 1.54) is 44.1 Å². The van der Waals surface area contributed by atoms with E-state index in [4.69, 9.17) is 0 Å². The molecule has 0 heterocycles. The minimum Gasteiger partial charge on any atom is -0.508 e. The van der Waals surface area contributed by atoms with Crippen molar-refractivity contribution in [1.29, 1.82) is 0 Å². The molecule has 0 aliphatic heterocycles. The molecule has 5 rings (SSSR count). The molecular weight excluding hydrogens is 258 g/mol. The summed E-state index contributed by atoms with van der Waals surface area (Å²) in [5.41, 5.74) is 2.75. The van der Waals surface area contributed by atoms with E-state index < -0.39 is 0 Å². The van der Waals surface area contributed by atoms with Crippen molar-refractivity contribution in [2.24, 2.45) is 17.8 Å². The van der Waals surface area contributed by atoms with Crippen LogP contribution in [0.3, 0.4) is 0 Å². The average molecular weight is 285 g/mol. The molecule has 0 unspecified atom stereocenters. The van der Waals surface area contributed by atoms with Crippen LogP contribution in [0.5, 0.6) is 5.75 Å². The highest BCUT2D eigenvalue weighted by molar-refractivity contribution is 5.35. The maximum absolute atomic E-state index is 10.1. The molecule has 4 saturated carbocycles. The highest BCUT2D eigenvalue weighted by Crippen LogP contribution is 2.57. The summed E-state index contributed by atoms with van der Waals surface area (Å²) in [7, 11) is 2.29. The third kappa shape index (κ3) is 2.28. The van der Waals surface area contributed by atoms with Crippen LogP contribution < -0.4 is 0 Å². The van der Waals surface area contributed by atoms with Gasteiger partial charge in [0, 0.05) is 17.6 Å². The number of rotatable bonds is 3. The summed E-state index contributed by atoms with van der Waals surface area (Å²) in [6.07, 6.45) is 8.64. The standard InChI is InChI=1S/C19H27NO/c1-13-3-4-18(21)17(5-13)12-20(2)19-9-14-6-15(10-19)8-16(7-14)11-19/h3-5,14-16,21H,6-12H2,1-2H3. The van der Waals surface area contributed by atoms with Gasteiger partial charge in [-0.3, -0.25) is 4.90 Å². The molecule has 1 aromatic rings. The van der Waals surface area contributed by atoms with Gasteiger partial charge in [0.1, 0.15) is 5.75 Å². The summed E-state index contributed by atoms with van der Waals surface area (Å²) in [6, 6.07) is 5.98. The van der Waals surface area contributed by atoms with E-state index in [0.717, 1.165) is 29.9 Å². The second-order valence-corrected chi connectivity index (χ2v) is 8.13. The van der Waals surface area contributed by atoms with Gasteiger partial charge in [0.25, 0.3) is 0 Å². The lowest BCUT2D eigenvalue weighted by atomic mass is 9.52. The predicted molar refractivity (Wildman–Crippen MR) is 85.2 cm³/mol. The molecule has 0 spiro atoms. The molecule has 4 bridgehead atoms. The lowest BCUT2D eigenvalue weighted by molar-refractivity contribution is -0.0823. The number of hydrogen-bond acceptors (Lipinski definition) is 2. The van der Waals surface area contributed by atoms with E-state index in [2.05, 4.69) is 24.9 Å². The summed E-state index contributed by atoms with van der Waals surface area (Å²) in [5, 5.41) is 10.1. The smallest absolute Gasteiger partial charge is 0.120 e. The number of phenols is 1. The zero-order valence-corrected chi connectivity index (χ0v) is 13.3. The van der Waals surface area contributed by atoms with Crippen LogP contribution in [0, 0.1) is 24.7 Å². The van der Waals surface area contributed by atoms with E-state index in [1.807, 2.05) is 12.1 Å². The topological polar surface area (TPSA) is 23.5 Å². The number of aromatic hydroxyl groups is 1. The first-order valence-electron chi connectivity index (χ1n) is 8.54. The Kier molecular flexibility index (Phi) is 3.08. The van der Waals surface area contributed by atoms with Crippen LogP contribution >= 0.6 is 0 Å². The fourth-order valence-electron chi connectivity index (χ4n) is 5.80. The van der Waals surface area contributed by atoms with Gasteiger partial charge in [0.05, 0.1) is 0 Å². The van der Waals surface area contributed by atoms with Gasteiger partial charge in [-0.1, -0.05) is 17.7 Å². The molecule has 4 aliphatic carbocycles. The van der Waals surface area contributed by atoms with Crippen molar-refractivity contribution in [2.45, 2.75) is 57.5 Å². The molecule has 1 aromatic carbocycles. The Balaban J connectivity index is 1.57. The summed E-state index contributed by atoms with van der Waals surface area (Å²) in [5.74, 6) is 3.39. The summed E-state index contributed by atoms with van der Waals surface area (Å²) < 4.78 is 0. The molecule has 4 aliphatic rings. The van der Waals surface area contributed by atoms with Crippen LogP contribution in [0.4, 0.5) is 0 Å². The second kappa shape index (κ2) is 4.74. The molecule has 0 aromatic heterocycles. The molecule has 2 heteroatoms. The SMILES string of the molecule is Cc1ccc(O)c(CN(C)C23CC4CC(CC(C4)C2)C3)c1. The summed E-state index contributed by atoms with van der Waals surface area (Å²) >= 11 is 0. The minimum atomic E-state index is 0.422. The predicted octanol–water partition coefficient (Wildman–Crippen LogP) is 4.10. The Bertz CT molecular complexity index is 515. The Hall–Kier alpha value is -1.02. The van der Waals surface area contributed by atoms with E-state index in [9.17, 15) is 5.11 Å². The van der Waals surface area contributed by atoms with Crippen molar-refractivity contribution in [3.8, 4) is 5.75 Å². The van der Waals surface area contributed by atoms with Crippen molar-refractivity contribution >= 4 is 0 Å². The van der Waals surface area contributed by atoms with Gasteiger partial charge in [0.15, 0.2) is 0 Å². The summed E-state index contributed by atoms with van der Waals surface area (Å²) in [4.78, 5) is 2.58. The lowest BCUT2D eigenvalue weighted by Gasteiger charge is -2.60. The molecule has 2 nitrogen and oxygen atoms in total. The average Bonchev–Trinajstić information content (AvgIpc) is 2.41. The van der Waals surface area contributed by atoms with Crippen LogP contribution in [0.1, 0.15) is 49.7 Å². The van der Waals surface area contributed by atoms with Crippen LogP contribution in [0.15, 0.2) is 18.2 Å². The molecule has 0 saturated heterocycles. The van der Waals surface area contributed by atoms with Crippen molar-refractivity contribution in [3.05, 3.63) is 29.3 Å². The van der Waals surface area contributed by atoms with Crippen LogP contribution in [-0.2, 0) is 6.54 Å². The Labute approximate surface area is 128 Å². The summed E-state index contributed by atoms with van der Waals surface area (Å²) in [6.45, 7) is 2.99. The first-order valence-corrected chi connectivity index (χ1v) is 8.54. The van der Waals surface area contributed by atoms with E-state index in [1.54, 1.807) is 0 Å². The van der Waals surface area contributed by atoms with Gasteiger partial charge >= 0.3 is 0 Å². The molecule has 4 fully saturated rings. The van der Waals surface area contributed by atoms with Crippen molar-refractivity contribution < 1.29 is 5.11 Å². The van der Waals surface area contributed by atoms with Crippen LogP contribution in [0.25, 0.3) is 0 Å². The fourth-order valence-corrected chi connectivity index (χ4v) is 5.80. The largest absolute Gasteiger partial charge is 0.508 e. The normalized spacial score (nSPS) is 37.4. The number of hydrogen-bond donors (Lipinski definition) is 1. The van der Waals surface area contributed by atoms with Crippen LogP contribution in [-0.4, -0.2) is 22.6 Å². The van der Waals surface area contributed by atoms with Gasteiger partial charge in [-0.2, -0.15) is 0 Å². The quantitative estimate of drug-likeness (QED) is 0.903. The lowest BCUT2D eigenvalue weighted by Crippen LogP contribution is -2.58. The van der Waals surface area contributed by atoms with E-state index in [-0.39, 0.29) is 0 Å². The fraction of sp³-hybridized carbons (Fsp3) is 0.684. The Morgan fingerprint density at radius 2 is 1.67 bits per heavy atom. The van der Waals surface area contributed by atoms with Crippen molar-refractivity contribution in [3.63, 3.8) is 0 Å². The van der Waals surface area contributed by atoms with Gasteiger partial charge in [-0.15, -0.1) is 0 Å². The Morgan fingerprint density at radius 1 is 1.10 bits per heavy atom. The zero-order chi connectivity index (χ0) is 14.6. The van der Waals surface area contributed by atoms with E-state index in [0.29, 0.717) is 11.3 Å². The van der Waals surface area contributed by atoms with Crippen molar-refractivity contribution in [1.82, 2.24) is 4.90 Å². The molecule has 0 amide bonds. The van der Waals surface area contributed by atoms with Gasteiger partial charge < -0.3 is 5.11 Å². The Morgan fingerprint density at radius 3 is 2.24 bits per heavy atom. The maximum Gasteiger partial charge on any atom is 0.120 e. The number of phenolic OH excluding ortho intramolecular Hbond substituents is 1. The first-order chi connectivity index (χ1) is 10.0. The second-order valence-electron chi connectivity index (χ2n) is 8.13. The number of aryl methyl sites for hydroxylation is 1. The highest BCUT2D eigenvalue weighted by Gasteiger charge is 2.52. The molecular formula is C19H27NO. The van der Waals surface area contributed by atoms with Gasteiger partial charge in [0.2, 0.25) is 0 Å². The van der Waals surface area contributed by atoms with Crippen molar-refractivity contribution in [2.75, 3.05) is 7.05 Å². The van der Waals surface area contributed by atoms with Crippen LogP contribution in [0.2, 0.25) is 0 Å². The molecule has 0 atom stereocenters. The number of benzene rings is 1. The third-order valence-electron chi connectivity index (χ3n) is 6.46. The molecule has 114 valence electrons. The zero-order valence-electron chi connectivity index (χ0n) is 13.3. The number of nitrogens with zero attached hydrogens (tertiary/aromatic N) is 1. The van der Waals surface area contributed by atoms with E-state index >= 15 is 0 Å². The molecule has 21 heavy (non-hydrogen) atoms. The molecule has 0 radical (unpaired) electrons. The van der Waals surface area contributed by atoms with Gasteiger partial charge in [-0.25, -0.2) is 0 Å². The minimum absolute atomic E-state index is 0.422. The monoisotopic (exact) mass is 285 g/mol. The maximum atomic E-state index is 10.1. The van der Waals surface area contributed by atoms with Gasteiger partial charge in [-0.05, 0) is 76.3 Å².